The lowest BCUT2D eigenvalue weighted by Crippen LogP contribution is -2.62. The zero-order valence-corrected chi connectivity index (χ0v) is 22.5. The highest BCUT2D eigenvalue weighted by atomic mass is 16.2. The molecule has 1 fully saturated rings. The van der Waals surface area contributed by atoms with Gasteiger partial charge in [0.15, 0.2) is 5.96 Å². The third-order valence-corrected chi connectivity index (χ3v) is 7.62. The lowest BCUT2D eigenvalue weighted by molar-refractivity contribution is -0.139. The third kappa shape index (κ3) is 7.55. The summed E-state index contributed by atoms with van der Waals surface area (Å²) < 4.78 is 0. The van der Waals surface area contributed by atoms with E-state index in [9.17, 15) is 4.79 Å². The summed E-state index contributed by atoms with van der Waals surface area (Å²) >= 11 is 0. The minimum absolute atomic E-state index is 0.0184. The van der Waals surface area contributed by atoms with Crippen LogP contribution < -0.4 is 16.8 Å². The minimum atomic E-state index is -0.578. The third-order valence-electron chi connectivity index (χ3n) is 7.62. The number of guanidine groups is 1. The second-order valence-corrected chi connectivity index (χ2v) is 10.6. The van der Waals surface area contributed by atoms with Gasteiger partial charge < -0.3 is 21.7 Å². The standard InChI is InChI=1S/C31H42N6O/c1-23-21-37(30(38)29(32)20-25-15-16-26-12-5-6-13-27(26)19-25)28(14-7-17-35-31(33)34)22-36(23)18-8-11-24-9-3-2-4-10-24/h2-6,9-10,12-13,15-16,19,23,28-29H,7-8,11,14,17-18,20-22,32H2,1H3,(H4,33,34,35)/t23-,28+,29-/m1/s1. The number of benzene rings is 3. The molecule has 3 aromatic rings. The first-order valence-electron chi connectivity index (χ1n) is 13.8. The highest BCUT2D eigenvalue weighted by Crippen LogP contribution is 2.22. The van der Waals surface area contributed by atoms with Gasteiger partial charge in [-0.15, -0.1) is 0 Å². The molecule has 3 atom stereocenters. The first kappa shape index (κ1) is 27.6. The van der Waals surface area contributed by atoms with Crippen molar-refractivity contribution in [1.82, 2.24) is 15.1 Å². The van der Waals surface area contributed by atoms with Crippen LogP contribution in [0.4, 0.5) is 0 Å². The van der Waals surface area contributed by atoms with Gasteiger partial charge in [-0.1, -0.05) is 72.8 Å². The molecule has 7 heteroatoms. The molecule has 0 unspecified atom stereocenters. The molecule has 1 saturated heterocycles. The zero-order chi connectivity index (χ0) is 26.9. The summed E-state index contributed by atoms with van der Waals surface area (Å²) in [5.74, 6) is 0.00798. The van der Waals surface area contributed by atoms with Crippen LogP contribution in [0.3, 0.4) is 0 Å². The van der Waals surface area contributed by atoms with E-state index in [-0.39, 0.29) is 24.0 Å². The van der Waals surface area contributed by atoms with Gasteiger partial charge in [0.25, 0.3) is 0 Å². The molecular formula is C31H42N6O. The van der Waals surface area contributed by atoms with Gasteiger partial charge in [-0.3, -0.25) is 15.1 Å². The van der Waals surface area contributed by atoms with E-state index in [1.54, 1.807) is 0 Å². The maximum absolute atomic E-state index is 13.7. The van der Waals surface area contributed by atoms with Gasteiger partial charge >= 0.3 is 0 Å². The number of amides is 1. The van der Waals surface area contributed by atoms with Crippen LogP contribution in [-0.4, -0.2) is 66.0 Å². The lowest BCUT2D eigenvalue weighted by Gasteiger charge is -2.46. The smallest absolute Gasteiger partial charge is 0.240 e. The normalized spacial score (nSPS) is 18.8. The number of piperazine rings is 1. The first-order valence-corrected chi connectivity index (χ1v) is 13.8. The summed E-state index contributed by atoms with van der Waals surface area (Å²) in [6.07, 6.45) is 4.34. The predicted octanol–water partition coefficient (Wildman–Crippen LogP) is 3.51. The zero-order valence-electron chi connectivity index (χ0n) is 22.5. The maximum Gasteiger partial charge on any atom is 0.240 e. The largest absolute Gasteiger partial charge is 0.370 e. The van der Waals surface area contributed by atoms with Crippen LogP contribution in [0, 0.1) is 5.41 Å². The molecule has 0 radical (unpaired) electrons. The van der Waals surface area contributed by atoms with E-state index in [0.29, 0.717) is 19.5 Å². The Morgan fingerprint density at radius 1 is 1.00 bits per heavy atom. The molecule has 1 aliphatic rings. The van der Waals surface area contributed by atoms with Crippen molar-refractivity contribution >= 4 is 22.6 Å². The molecule has 7 nitrogen and oxygen atoms in total. The quantitative estimate of drug-likeness (QED) is 0.178. The first-order chi connectivity index (χ1) is 18.4. The lowest BCUT2D eigenvalue weighted by atomic mass is 9.98. The number of carbonyl (C=O) groups is 1. The number of hydrogen-bond acceptors (Lipinski definition) is 4. The fourth-order valence-electron chi connectivity index (χ4n) is 5.54. The molecule has 38 heavy (non-hydrogen) atoms. The van der Waals surface area contributed by atoms with E-state index < -0.39 is 6.04 Å². The van der Waals surface area contributed by atoms with Crippen LogP contribution in [0.2, 0.25) is 0 Å². The van der Waals surface area contributed by atoms with Crippen molar-refractivity contribution in [1.29, 1.82) is 5.41 Å². The Morgan fingerprint density at radius 2 is 1.74 bits per heavy atom. The van der Waals surface area contributed by atoms with E-state index in [4.69, 9.17) is 16.9 Å². The molecule has 202 valence electrons. The topological polar surface area (TPSA) is 111 Å². The molecule has 0 spiro atoms. The molecule has 1 amide bonds. The average molecular weight is 515 g/mol. The van der Waals surface area contributed by atoms with Gasteiger partial charge in [0, 0.05) is 31.7 Å². The number of carbonyl (C=O) groups excluding carboxylic acids is 1. The van der Waals surface area contributed by atoms with E-state index in [0.717, 1.165) is 44.3 Å². The van der Waals surface area contributed by atoms with Crippen molar-refractivity contribution in [3.63, 3.8) is 0 Å². The van der Waals surface area contributed by atoms with Crippen molar-refractivity contribution in [2.75, 3.05) is 26.2 Å². The minimum Gasteiger partial charge on any atom is -0.370 e. The highest BCUT2D eigenvalue weighted by Gasteiger charge is 2.35. The van der Waals surface area contributed by atoms with Gasteiger partial charge in [-0.25, -0.2) is 0 Å². The molecule has 0 aromatic heterocycles. The van der Waals surface area contributed by atoms with Crippen molar-refractivity contribution in [2.45, 2.75) is 57.2 Å². The van der Waals surface area contributed by atoms with E-state index in [1.807, 2.05) is 17.0 Å². The van der Waals surface area contributed by atoms with Crippen molar-refractivity contribution in [3.8, 4) is 0 Å². The number of nitrogens with one attached hydrogen (secondary N) is 2. The van der Waals surface area contributed by atoms with Crippen LogP contribution in [0.1, 0.15) is 37.3 Å². The van der Waals surface area contributed by atoms with Gasteiger partial charge in [0.2, 0.25) is 5.91 Å². The second kappa shape index (κ2) is 13.4. The Balaban J connectivity index is 1.39. The number of nitrogens with zero attached hydrogens (tertiary/aromatic N) is 2. The predicted molar refractivity (Wildman–Crippen MR) is 156 cm³/mol. The van der Waals surface area contributed by atoms with Crippen molar-refractivity contribution in [2.24, 2.45) is 11.5 Å². The highest BCUT2D eigenvalue weighted by molar-refractivity contribution is 5.84. The van der Waals surface area contributed by atoms with E-state index in [2.05, 4.69) is 77.8 Å². The molecule has 1 aliphatic heterocycles. The Bertz CT molecular complexity index is 1200. The summed E-state index contributed by atoms with van der Waals surface area (Å²) in [6, 6.07) is 25.0. The maximum atomic E-state index is 13.7. The van der Waals surface area contributed by atoms with Crippen LogP contribution in [0.25, 0.3) is 10.8 Å². The Labute approximate surface area is 226 Å². The second-order valence-electron chi connectivity index (χ2n) is 10.6. The number of aryl methyl sites for hydroxylation is 1. The van der Waals surface area contributed by atoms with Gasteiger partial charge in [-0.2, -0.15) is 0 Å². The van der Waals surface area contributed by atoms with Crippen LogP contribution >= 0.6 is 0 Å². The monoisotopic (exact) mass is 514 g/mol. The van der Waals surface area contributed by atoms with Crippen molar-refractivity contribution in [3.05, 3.63) is 83.9 Å². The molecule has 4 rings (SSSR count). The summed E-state index contributed by atoms with van der Waals surface area (Å²) in [5.41, 5.74) is 14.4. The Kier molecular flexibility index (Phi) is 9.73. The summed E-state index contributed by atoms with van der Waals surface area (Å²) in [5, 5.41) is 12.7. The fourth-order valence-corrected chi connectivity index (χ4v) is 5.54. The van der Waals surface area contributed by atoms with Crippen LogP contribution in [0.5, 0.6) is 0 Å². The number of nitrogens with two attached hydrogens (primary N) is 2. The molecule has 0 saturated carbocycles. The Hall–Kier alpha value is -3.42. The number of hydrogen-bond donors (Lipinski definition) is 4. The van der Waals surface area contributed by atoms with Crippen LogP contribution in [0.15, 0.2) is 72.8 Å². The molecule has 0 aliphatic carbocycles. The van der Waals surface area contributed by atoms with Crippen LogP contribution in [-0.2, 0) is 17.6 Å². The SMILES string of the molecule is C[C@@H]1CN(C(=O)[C@H](N)Cc2ccc3ccccc3c2)[C@@H](CCCNC(=N)N)CN1CCCc1ccccc1. The molecule has 6 N–H and O–H groups in total. The number of fused-ring (bicyclic) bond motifs is 1. The summed E-state index contributed by atoms with van der Waals surface area (Å²) in [7, 11) is 0. The fraction of sp³-hybridized carbons (Fsp3) is 0.419. The molecular weight excluding hydrogens is 472 g/mol. The van der Waals surface area contributed by atoms with E-state index in [1.165, 1.54) is 16.3 Å². The number of rotatable bonds is 11. The molecule has 1 heterocycles. The van der Waals surface area contributed by atoms with Gasteiger partial charge in [-0.05, 0) is 67.5 Å². The summed E-state index contributed by atoms with van der Waals surface area (Å²) in [4.78, 5) is 18.2. The molecule has 0 bridgehead atoms. The molecule has 3 aromatic carbocycles. The van der Waals surface area contributed by atoms with Crippen molar-refractivity contribution < 1.29 is 4.79 Å². The van der Waals surface area contributed by atoms with Gasteiger partial charge in [0.05, 0.1) is 6.04 Å². The average Bonchev–Trinajstić information content (AvgIpc) is 2.92. The summed E-state index contributed by atoms with van der Waals surface area (Å²) in [6.45, 7) is 5.36. The van der Waals surface area contributed by atoms with E-state index >= 15 is 0 Å². The Morgan fingerprint density at radius 3 is 2.50 bits per heavy atom. The van der Waals surface area contributed by atoms with Gasteiger partial charge in [0.1, 0.15) is 0 Å².